The molecule has 0 atom stereocenters. The standard InChI is InChI=1S/C24H32N2O4/c1-28-21-11-6-12-22(29-2)24(21)30-20-13-16-26(17-14-20)18-23(27)25-15-7-10-19-8-4-3-5-9-19/h3-6,8-9,11-12,20H,7,10,13-18H2,1-2H3,(H,25,27). The zero-order chi connectivity index (χ0) is 21.2. The van der Waals surface area contributed by atoms with Gasteiger partial charge in [0.2, 0.25) is 11.7 Å². The maximum atomic E-state index is 12.2. The average Bonchev–Trinajstić information content (AvgIpc) is 2.79. The fourth-order valence-corrected chi connectivity index (χ4v) is 3.71. The Hall–Kier alpha value is -2.73. The third-order valence-electron chi connectivity index (χ3n) is 5.38. The fourth-order valence-electron chi connectivity index (χ4n) is 3.71. The number of nitrogens with one attached hydrogen (secondary N) is 1. The molecule has 0 saturated carbocycles. The molecule has 0 aromatic heterocycles. The van der Waals surface area contributed by atoms with Crippen LogP contribution in [0.3, 0.4) is 0 Å². The van der Waals surface area contributed by atoms with Crippen molar-refractivity contribution in [3.8, 4) is 17.2 Å². The van der Waals surface area contributed by atoms with E-state index < -0.39 is 0 Å². The quantitative estimate of drug-likeness (QED) is 0.607. The van der Waals surface area contributed by atoms with Crippen molar-refractivity contribution in [1.29, 1.82) is 0 Å². The minimum atomic E-state index is 0.0837. The van der Waals surface area contributed by atoms with Gasteiger partial charge in [0.15, 0.2) is 11.5 Å². The normalized spacial score (nSPS) is 14.9. The molecule has 1 N–H and O–H groups in total. The number of nitrogens with zero attached hydrogens (tertiary/aromatic N) is 1. The molecule has 1 aliphatic heterocycles. The van der Waals surface area contributed by atoms with Gasteiger partial charge < -0.3 is 19.5 Å². The van der Waals surface area contributed by atoms with Gasteiger partial charge in [-0.25, -0.2) is 0 Å². The van der Waals surface area contributed by atoms with Gasteiger partial charge in [-0.3, -0.25) is 9.69 Å². The number of benzene rings is 2. The van der Waals surface area contributed by atoms with Gasteiger partial charge in [0.1, 0.15) is 6.10 Å². The van der Waals surface area contributed by atoms with Crippen LogP contribution in [0.25, 0.3) is 0 Å². The summed E-state index contributed by atoms with van der Waals surface area (Å²) in [7, 11) is 3.26. The van der Waals surface area contributed by atoms with Crippen LogP contribution in [0, 0.1) is 0 Å². The van der Waals surface area contributed by atoms with Crippen LogP contribution in [0.15, 0.2) is 48.5 Å². The highest BCUT2D eigenvalue weighted by Gasteiger charge is 2.24. The number of para-hydroxylation sites is 1. The molecule has 1 fully saturated rings. The predicted octanol–water partition coefficient (Wildman–Crippen LogP) is 3.30. The second-order valence-corrected chi connectivity index (χ2v) is 7.52. The molecule has 2 aromatic rings. The van der Waals surface area contributed by atoms with Crippen molar-refractivity contribution in [2.75, 3.05) is 40.4 Å². The van der Waals surface area contributed by atoms with Crippen LogP contribution >= 0.6 is 0 Å². The number of amides is 1. The predicted molar refractivity (Wildman–Crippen MR) is 117 cm³/mol. The number of hydrogen-bond acceptors (Lipinski definition) is 5. The number of aryl methyl sites for hydroxylation is 1. The van der Waals surface area contributed by atoms with Crippen molar-refractivity contribution in [2.24, 2.45) is 0 Å². The Balaban J connectivity index is 1.37. The first-order valence-electron chi connectivity index (χ1n) is 10.6. The molecule has 6 nitrogen and oxygen atoms in total. The minimum absolute atomic E-state index is 0.0837. The summed E-state index contributed by atoms with van der Waals surface area (Å²) in [4.78, 5) is 14.4. The maximum Gasteiger partial charge on any atom is 0.234 e. The summed E-state index contributed by atoms with van der Waals surface area (Å²) in [6.07, 6.45) is 3.74. The molecule has 0 unspecified atom stereocenters. The SMILES string of the molecule is COc1cccc(OC)c1OC1CCN(CC(=O)NCCCc2ccccc2)CC1. The van der Waals surface area contributed by atoms with Crippen LogP contribution in [0.5, 0.6) is 17.2 Å². The number of hydrogen-bond donors (Lipinski definition) is 1. The van der Waals surface area contributed by atoms with Gasteiger partial charge in [-0.1, -0.05) is 36.4 Å². The van der Waals surface area contributed by atoms with E-state index in [0.717, 1.165) is 38.8 Å². The maximum absolute atomic E-state index is 12.2. The monoisotopic (exact) mass is 412 g/mol. The minimum Gasteiger partial charge on any atom is -0.493 e. The molecule has 0 aliphatic carbocycles. The van der Waals surface area contributed by atoms with E-state index >= 15 is 0 Å². The van der Waals surface area contributed by atoms with Crippen molar-refractivity contribution in [2.45, 2.75) is 31.8 Å². The summed E-state index contributed by atoms with van der Waals surface area (Å²) in [5.74, 6) is 2.09. The molecular formula is C24H32N2O4. The number of piperidine rings is 1. The van der Waals surface area contributed by atoms with E-state index in [2.05, 4.69) is 22.3 Å². The molecule has 0 bridgehead atoms. The Morgan fingerprint density at radius 2 is 1.67 bits per heavy atom. The lowest BCUT2D eigenvalue weighted by Crippen LogP contribution is -2.44. The molecule has 2 aromatic carbocycles. The van der Waals surface area contributed by atoms with Crippen LogP contribution < -0.4 is 19.5 Å². The van der Waals surface area contributed by atoms with E-state index in [0.29, 0.717) is 30.3 Å². The highest BCUT2D eigenvalue weighted by molar-refractivity contribution is 5.78. The van der Waals surface area contributed by atoms with Gasteiger partial charge in [-0.15, -0.1) is 0 Å². The molecule has 6 heteroatoms. The summed E-state index contributed by atoms with van der Waals surface area (Å²) in [5.41, 5.74) is 1.31. The Bertz CT molecular complexity index is 767. The van der Waals surface area contributed by atoms with E-state index in [1.807, 2.05) is 36.4 Å². The fraction of sp³-hybridized carbons (Fsp3) is 0.458. The molecule has 1 heterocycles. The summed E-state index contributed by atoms with van der Waals surface area (Å²) in [5, 5.41) is 3.04. The van der Waals surface area contributed by atoms with Crippen LogP contribution in [0.1, 0.15) is 24.8 Å². The van der Waals surface area contributed by atoms with Crippen molar-refractivity contribution >= 4 is 5.91 Å². The summed E-state index contributed by atoms with van der Waals surface area (Å²) >= 11 is 0. The lowest BCUT2D eigenvalue weighted by atomic mass is 10.1. The van der Waals surface area contributed by atoms with Gasteiger partial charge in [0.05, 0.1) is 20.8 Å². The topological polar surface area (TPSA) is 60.0 Å². The summed E-state index contributed by atoms with van der Waals surface area (Å²) in [6.45, 7) is 2.82. The van der Waals surface area contributed by atoms with E-state index in [1.54, 1.807) is 14.2 Å². The van der Waals surface area contributed by atoms with E-state index in [9.17, 15) is 4.79 Å². The zero-order valence-corrected chi connectivity index (χ0v) is 17.9. The number of rotatable bonds is 10. The molecule has 1 saturated heterocycles. The van der Waals surface area contributed by atoms with Crippen LogP contribution in [0.2, 0.25) is 0 Å². The van der Waals surface area contributed by atoms with E-state index in [-0.39, 0.29) is 12.0 Å². The van der Waals surface area contributed by atoms with Crippen LogP contribution in [0.4, 0.5) is 0 Å². The highest BCUT2D eigenvalue weighted by Crippen LogP contribution is 2.38. The first kappa shape index (κ1) is 22.0. The number of likely N-dealkylation sites (tertiary alicyclic amines) is 1. The van der Waals surface area contributed by atoms with Crippen LogP contribution in [-0.2, 0) is 11.2 Å². The summed E-state index contributed by atoms with van der Waals surface area (Å²) < 4.78 is 17.0. The van der Waals surface area contributed by atoms with Gasteiger partial charge in [-0.05, 0) is 43.4 Å². The Morgan fingerprint density at radius 1 is 1.00 bits per heavy atom. The van der Waals surface area contributed by atoms with Gasteiger partial charge >= 0.3 is 0 Å². The smallest absolute Gasteiger partial charge is 0.234 e. The molecule has 1 aliphatic rings. The largest absolute Gasteiger partial charge is 0.493 e. The first-order valence-corrected chi connectivity index (χ1v) is 10.6. The van der Waals surface area contributed by atoms with Gasteiger partial charge in [-0.2, -0.15) is 0 Å². The number of carbonyl (C=O) groups excluding carboxylic acids is 1. The molecule has 0 spiro atoms. The Kier molecular flexibility index (Phi) is 8.39. The molecule has 0 radical (unpaired) electrons. The average molecular weight is 413 g/mol. The van der Waals surface area contributed by atoms with E-state index in [1.165, 1.54) is 5.56 Å². The van der Waals surface area contributed by atoms with Crippen molar-refractivity contribution < 1.29 is 19.0 Å². The van der Waals surface area contributed by atoms with Crippen molar-refractivity contribution in [1.82, 2.24) is 10.2 Å². The highest BCUT2D eigenvalue weighted by atomic mass is 16.5. The lowest BCUT2D eigenvalue weighted by Gasteiger charge is -2.32. The van der Waals surface area contributed by atoms with E-state index in [4.69, 9.17) is 14.2 Å². The third-order valence-corrected chi connectivity index (χ3v) is 5.38. The zero-order valence-electron chi connectivity index (χ0n) is 17.9. The number of ether oxygens (including phenoxy) is 3. The lowest BCUT2D eigenvalue weighted by molar-refractivity contribution is -0.122. The molecule has 3 rings (SSSR count). The molecular weight excluding hydrogens is 380 g/mol. The number of methoxy groups -OCH3 is 2. The van der Waals surface area contributed by atoms with Gasteiger partial charge in [0.25, 0.3) is 0 Å². The van der Waals surface area contributed by atoms with Crippen LogP contribution in [-0.4, -0.2) is 57.3 Å². The Morgan fingerprint density at radius 3 is 2.30 bits per heavy atom. The second kappa shape index (κ2) is 11.5. The summed E-state index contributed by atoms with van der Waals surface area (Å²) in [6, 6.07) is 16.0. The first-order chi connectivity index (χ1) is 14.7. The van der Waals surface area contributed by atoms with Gasteiger partial charge in [0, 0.05) is 19.6 Å². The van der Waals surface area contributed by atoms with Crippen molar-refractivity contribution in [3.63, 3.8) is 0 Å². The Labute approximate surface area is 179 Å². The van der Waals surface area contributed by atoms with Crippen molar-refractivity contribution in [3.05, 3.63) is 54.1 Å². The molecule has 162 valence electrons. The molecule has 1 amide bonds. The second-order valence-electron chi connectivity index (χ2n) is 7.52. The number of carbonyl (C=O) groups is 1. The third kappa shape index (κ3) is 6.39. The molecule has 30 heavy (non-hydrogen) atoms.